The van der Waals surface area contributed by atoms with Crippen LogP contribution in [-0.4, -0.2) is 4.70 Å². The van der Waals surface area contributed by atoms with Crippen molar-refractivity contribution in [1.82, 2.24) is 0 Å². The average Bonchev–Trinajstić information content (AvgIpc) is 3.60. The molecule has 0 aromatic heterocycles. The van der Waals surface area contributed by atoms with Gasteiger partial charge in [-0.25, -0.2) is 4.70 Å². The zero-order chi connectivity index (χ0) is 39.4. The van der Waals surface area contributed by atoms with Crippen LogP contribution < -0.4 is 0 Å². The van der Waals surface area contributed by atoms with E-state index in [2.05, 4.69) is 76.2 Å². The standard InChI is InChI=1S/C28H36N2.2C12H25.Pd/c1-3-5-7-9-12-23-16-18-25(19-17-23)27-20-21-28(30(27)29)26-15-11-14-24(22-26)13-10-8-6-4-2;2*1-3-5-7-9-11-12-10-8-6-4-2;/h11,14-22H,3-10,12-13H2,1-2H3;2*1,3-12H2,2H3;. The van der Waals surface area contributed by atoms with Crippen LogP contribution in [0.2, 0.25) is 9.79 Å². The van der Waals surface area contributed by atoms with Gasteiger partial charge < -0.3 is 5.53 Å². The molecule has 0 saturated carbocycles. The van der Waals surface area contributed by atoms with Gasteiger partial charge in [-0.2, -0.15) is 0 Å². The molecular formula is C52H86N2Pd. The Kier molecular flexibility index (Phi) is 31.7. The van der Waals surface area contributed by atoms with E-state index in [0.717, 1.165) is 53.3 Å². The SMILES string of the molecule is CCCCCCCCCCC[CH2][Pd][CH2]CCCCCCCCCCC.CCCCCCc1ccc(C2=CC=C(c3cccc(CCCCCC)c3)[N+]2=[N-])cc1. The Morgan fingerprint density at radius 1 is 0.400 bits per heavy atom. The number of benzene rings is 2. The molecule has 1 aliphatic rings. The minimum atomic E-state index is 0.843. The summed E-state index contributed by atoms with van der Waals surface area (Å²) in [5.41, 5.74) is 17.4. The second kappa shape index (κ2) is 35.4. The Morgan fingerprint density at radius 2 is 0.782 bits per heavy atom. The van der Waals surface area contributed by atoms with Gasteiger partial charge in [0.25, 0.3) is 0 Å². The van der Waals surface area contributed by atoms with Crippen LogP contribution in [0.25, 0.3) is 16.9 Å². The van der Waals surface area contributed by atoms with Gasteiger partial charge in [0.05, 0.1) is 0 Å². The van der Waals surface area contributed by atoms with Crippen molar-refractivity contribution < 1.29 is 22.7 Å². The van der Waals surface area contributed by atoms with Crippen molar-refractivity contribution in [2.45, 2.75) is 230 Å². The summed E-state index contributed by atoms with van der Waals surface area (Å²) in [6.07, 6.45) is 46.0. The molecule has 0 saturated heterocycles. The molecule has 1 heterocycles. The molecule has 1 aliphatic heterocycles. The molecule has 3 rings (SSSR count). The monoisotopic (exact) mass is 845 g/mol. The second-order valence-corrected chi connectivity index (χ2v) is 18.6. The Hall–Kier alpha value is -1.82. The topological polar surface area (TPSA) is 25.3 Å². The van der Waals surface area contributed by atoms with Crippen molar-refractivity contribution in [2.75, 3.05) is 0 Å². The molecule has 2 aromatic rings. The summed E-state index contributed by atoms with van der Waals surface area (Å²) >= 11 is 1.07. The number of hydrogen-bond donors (Lipinski definition) is 0. The number of rotatable bonds is 34. The van der Waals surface area contributed by atoms with Crippen LogP contribution in [0.4, 0.5) is 0 Å². The van der Waals surface area contributed by atoms with Crippen molar-refractivity contribution in [2.24, 2.45) is 0 Å². The fraction of sp³-hybridized carbons (Fsp3) is 0.692. The van der Waals surface area contributed by atoms with Crippen LogP contribution in [-0.2, 0) is 30.8 Å². The molecule has 314 valence electrons. The average molecular weight is 846 g/mol. The van der Waals surface area contributed by atoms with Crippen LogP contribution in [0.5, 0.6) is 0 Å². The molecule has 3 heteroatoms. The van der Waals surface area contributed by atoms with Gasteiger partial charge in [0, 0.05) is 23.3 Å². The molecule has 0 amide bonds. The third-order valence-corrected chi connectivity index (χ3v) is 13.3. The van der Waals surface area contributed by atoms with E-state index in [9.17, 15) is 5.53 Å². The Morgan fingerprint density at radius 3 is 1.24 bits per heavy atom. The maximum atomic E-state index is 10.9. The first kappa shape index (κ1) is 49.3. The van der Waals surface area contributed by atoms with E-state index in [-0.39, 0.29) is 0 Å². The summed E-state index contributed by atoms with van der Waals surface area (Å²) in [7, 11) is 0. The molecule has 0 fully saturated rings. The van der Waals surface area contributed by atoms with Gasteiger partial charge in [-0.05, 0) is 61.1 Å². The van der Waals surface area contributed by atoms with Crippen LogP contribution in [0.15, 0.2) is 60.7 Å². The molecule has 2 nitrogen and oxygen atoms in total. The van der Waals surface area contributed by atoms with Gasteiger partial charge in [-0.3, -0.25) is 0 Å². The molecule has 0 N–H and O–H groups in total. The number of nitrogens with zero attached hydrogens (tertiary/aromatic N) is 2. The molecule has 0 radical (unpaired) electrons. The molecule has 55 heavy (non-hydrogen) atoms. The van der Waals surface area contributed by atoms with Crippen molar-refractivity contribution in [3.8, 4) is 0 Å². The summed E-state index contributed by atoms with van der Waals surface area (Å²) in [6, 6.07) is 17.3. The number of allylic oxidation sites excluding steroid dienone is 2. The van der Waals surface area contributed by atoms with Crippen molar-refractivity contribution in [1.29, 1.82) is 0 Å². The number of unbranched alkanes of at least 4 members (excludes halogenated alkanes) is 24. The van der Waals surface area contributed by atoms with Crippen molar-refractivity contribution in [3.63, 3.8) is 0 Å². The summed E-state index contributed by atoms with van der Waals surface area (Å²) < 4.78 is 1.34. The van der Waals surface area contributed by atoms with Gasteiger partial charge in [0.2, 0.25) is 11.4 Å². The summed E-state index contributed by atoms with van der Waals surface area (Å²) in [6.45, 7) is 9.10. The fourth-order valence-electron chi connectivity index (χ4n) is 7.48. The van der Waals surface area contributed by atoms with Crippen LogP contribution in [0, 0.1) is 0 Å². The van der Waals surface area contributed by atoms with E-state index >= 15 is 0 Å². The first-order valence-electron chi connectivity index (χ1n) is 23.7. The molecular weight excluding hydrogens is 759 g/mol. The summed E-state index contributed by atoms with van der Waals surface area (Å²) in [5, 5.41) is 0. The first-order chi connectivity index (χ1) is 27.1. The van der Waals surface area contributed by atoms with Crippen LogP contribution in [0.1, 0.15) is 230 Å². The van der Waals surface area contributed by atoms with Crippen LogP contribution in [0.3, 0.4) is 0 Å². The quantitative estimate of drug-likeness (QED) is 0.0381. The number of hydrogen-bond acceptors (Lipinski definition) is 0. The zero-order valence-corrected chi connectivity index (χ0v) is 38.2. The smallest absolute Gasteiger partial charge is 0.493 e. The van der Waals surface area contributed by atoms with Crippen molar-refractivity contribution >= 4 is 11.4 Å². The minimum absolute atomic E-state index is 0.843. The molecule has 0 bridgehead atoms. The molecule has 0 aliphatic carbocycles. The van der Waals surface area contributed by atoms with E-state index in [0.29, 0.717) is 0 Å². The van der Waals surface area contributed by atoms with Gasteiger partial charge in [-0.15, -0.1) is 0 Å². The van der Waals surface area contributed by atoms with Gasteiger partial charge in [0.15, 0.2) is 0 Å². The minimum Gasteiger partial charge on any atom is -0.493 e. The number of aryl methyl sites for hydroxylation is 2. The van der Waals surface area contributed by atoms with E-state index in [1.807, 2.05) is 12.2 Å². The van der Waals surface area contributed by atoms with E-state index < -0.39 is 0 Å². The summed E-state index contributed by atoms with van der Waals surface area (Å²) in [5.74, 6) is 0. The van der Waals surface area contributed by atoms with E-state index in [1.54, 1.807) is 9.79 Å². The molecule has 0 spiro atoms. The second-order valence-electron chi connectivity index (χ2n) is 16.3. The third-order valence-electron chi connectivity index (χ3n) is 11.1. The van der Waals surface area contributed by atoms with Crippen molar-refractivity contribution in [3.05, 3.63) is 88.5 Å². The predicted molar refractivity (Wildman–Crippen MR) is 241 cm³/mol. The third kappa shape index (κ3) is 24.5. The zero-order valence-electron chi connectivity index (χ0n) is 36.6. The van der Waals surface area contributed by atoms with E-state index in [4.69, 9.17) is 0 Å². The predicted octanol–water partition coefficient (Wildman–Crippen LogP) is 18.1. The van der Waals surface area contributed by atoms with E-state index in [1.165, 1.54) is 196 Å². The first-order valence-corrected chi connectivity index (χ1v) is 25.9. The van der Waals surface area contributed by atoms with Gasteiger partial charge in [0.1, 0.15) is 0 Å². The van der Waals surface area contributed by atoms with Crippen LogP contribution >= 0.6 is 0 Å². The molecule has 0 unspecified atom stereocenters. The molecule has 0 atom stereocenters. The van der Waals surface area contributed by atoms with Gasteiger partial charge in [-0.1, -0.05) is 76.6 Å². The fourth-order valence-corrected chi connectivity index (χ4v) is 9.42. The summed E-state index contributed by atoms with van der Waals surface area (Å²) in [4.78, 5) is 3.09. The van der Waals surface area contributed by atoms with Gasteiger partial charge >= 0.3 is 170 Å². The maximum absolute atomic E-state index is 10.9. The Balaban J connectivity index is 0.000000388. The normalized spacial score (nSPS) is 12.5. The molecule has 2 aromatic carbocycles. The Labute approximate surface area is 350 Å². The Bertz CT molecular complexity index is 1240.